The van der Waals surface area contributed by atoms with E-state index in [-0.39, 0.29) is 0 Å². The molecule has 0 fully saturated rings. The first-order valence-electron chi connectivity index (χ1n) is 3.25. The molecule has 0 heterocycles. The van der Waals surface area contributed by atoms with Gasteiger partial charge in [0, 0.05) is 29.2 Å². The second-order valence-corrected chi connectivity index (χ2v) is 3.56. The molecule has 0 aliphatic carbocycles. The van der Waals surface area contributed by atoms with Crippen molar-refractivity contribution in [1.29, 1.82) is 0 Å². The average Bonchev–Trinajstić information content (AvgIpc) is 1.87. The second-order valence-electron chi connectivity index (χ2n) is 2.00. The summed E-state index contributed by atoms with van der Waals surface area (Å²) in [6.07, 6.45) is 2.44. The minimum absolute atomic E-state index is 0.586. The zero-order chi connectivity index (χ0) is 7.98. The maximum Gasteiger partial charge on any atom is 0.0934 e. The molecular weight excluding hydrogens is 148 g/mol. The number of nitrogens with two attached hydrogens (primary N) is 1. The smallest absolute Gasteiger partial charge is 0.0934 e. The number of nitrogens with zero attached hydrogens (tertiary/aromatic N) is 1. The second kappa shape index (κ2) is 5.41. The van der Waals surface area contributed by atoms with Crippen LogP contribution in [0.3, 0.4) is 0 Å². The maximum atomic E-state index is 10.5. The van der Waals surface area contributed by atoms with E-state index in [4.69, 9.17) is 5.73 Å². The molecule has 0 saturated carbocycles. The van der Waals surface area contributed by atoms with Crippen molar-refractivity contribution in [1.82, 2.24) is 0 Å². The highest BCUT2D eigenvalue weighted by Crippen LogP contribution is 1.80. The van der Waals surface area contributed by atoms with E-state index in [0.717, 1.165) is 6.42 Å². The number of aliphatic imine (C=N–C) groups is 1. The van der Waals surface area contributed by atoms with Crippen LogP contribution in [0.1, 0.15) is 13.3 Å². The molecule has 10 heavy (non-hydrogen) atoms. The van der Waals surface area contributed by atoms with Gasteiger partial charge in [-0.25, -0.2) is 0 Å². The van der Waals surface area contributed by atoms with Gasteiger partial charge in [0.25, 0.3) is 0 Å². The Morgan fingerprint density at radius 3 is 2.70 bits per heavy atom. The lowest BCUT2D eigenvalue weighted by atomic mass is 10.4. The Morgan fingerprint density at radius 1 is 1.70 bits per heavy atom. The van der Waals surface area contributed by atoms with Crippen molar-refractivity contribution in [3.63, 3.8) is 0 Å². The summed E-state index contributed by atoms with van der Waals surface area (Å²) in [5.41, 5.74) is 5.41. The molecule has 0 aromatic carbocycles. The summed E-state index contributed by atoms with van der Waals surface area (Å²) >= 11 is 0. The molecule has 0 bridgehead atoms. The average molecular weight is 162 g/mol. The normalized spacial score (nSPS) is 15.2. The molecule has 0 aliphatic heterocycles. The summed E-state index contributed by atoms with van der Waals surface area (Å²) in [7, 11) is -0.747. The molecule has 0 saturated heterocycles. The Morgan fingerprint density at radius 2 is 2.30 bits per heavy atom. The molecule has 0 spiro atoms. The van der Waals surface area contributed by atoms with E-state index >= 15 is 0 Å². The standard InChI is InChI=1S/C6H14N2OS/c1-3-6(7)8-4-5-10(2)9/h3-5H2,1-2H3,(H2,7,8). The van der Waals surface area contributed by atoms with Gasteiger partial charge in [0.15, 0.2) is 0 Å². The summed E-state index contributed by atoms with van der Waals surface area (Å²) in [4.78, 5) is 3.98. The largest absolute Gasteiger partial charge is 0.387 e. The molecule has 1 unspecified atom stereocenters. The Hall–Kier alpha value is -0.380. The molecule has 0 amide bonds. The van der Waals surface area contributed by atoms with Crippen LogP contribution in [0.15, 0.2) is 4.99 Å². The molecule has 60 valence electrons. The first kappa shape index (κ1) is 9.62. The summed E-state index contributed by atoms with van der Waals surface area (Å²) in [5, 5.41) is 0. The van der Waals surface area contributed by atoms with Crippen molar-refractivity contribution in [2.75, 3.05) is 18.6 Å². The van der Waals surface area contributed by atoms with Gasteiger partial charge in [0.2, 0.25) is 0 Å². The van der Waals surface area contributed by atoms with Crippen LogP contribution in [0.25, 0.3) is 0 Å². The third kappa shape index (κ3) is 5.75. The lowest BCUT2D eigenvalue weighted by Gasteiger charge is -1.94. The Kier molecular flexibility index (Phi) is 5.20. The molecule has 3 nitrogen and oxygen atoms in total. The molecular formula is C6H14N2OS. The highest BCUT2D eigenvalue weighted by atomic mass is 32.2. The lowest BCUT2D eigenvalue weighted by molar-refractivity contribution is 0.686. The summed E-state index contributed by atoms with van der Waals surface area (Å²) in [6, 6.07) is 0. The van der Waals surface area contributed by atoms with Crippen molar-refractivity contribution in [3.8, 4) is 0 Å². The fourth-order valence-corrected chi connectivity index (χ4v) is 0.778. The molecule has 1 atom stereocenters. The zero-order valence-electron chi connectivity index (χ0n) is 6.46. The van der Waals surface area contributed by atoms with Gasteiger partial charge in [-0.2, -0.15) is 0 Å². The highest BCUT2D eigenvalue weighted by Gasteiger charge is 1.89. The van der Waals surface area contributed by atoms with Crippen molar-refractivity contribution in [2.45, 2.75) is 13.3 Å². The van der Waals surface area contributed by atoms with Crippen molar-refractivity contribution in [3.05, 3.63) is 0 Å². The molecule has 0 aliphatic rings. The van der Waals surface area contributed by atoms with Crippen LogP contribution >= 0.6 is 0 Å². The van der Waals surface area contributed by atoms with E-state index in [1.165, 1.54) is 0 Å². The van der Waals surface area contributed by atoms with Crippen molar-refractivity contribution >= 4 is 16.6 Å². The van der Waals surface area contributed by atoms with E-state index in [0.29, 0.717) is 18.1 Å². The Balaban J connectivity index is 3.43. The van der Waals surface area contributed by atoms with E-state index in [1.807, 2.05) is 6.92 Å². The SMILES string of the molecule is CCC(N)=NCCS(C)=O. The molecule has 2 N–H and O–H groups in total. The predicted molar refractivity (Wildman–Crippen MR) is 45.7 cm³/mol. The third-order valence-corrected chi connectivity index (χ3v) is 1.81. The fraction of sp³-hybridized carbons (Fsp3) is 0.833. The highest BCUT2D eigenvalue weighted by molar-refractivity contribution is 7.84. The summed E-state index contributed by atoms with van der Waals surface area (Å²) in [5.74, 6) is 1.26. The first-order valence-corrected chi connectivity index (χ1v) is 4.98. The quantitative estimate of drug-likeness (QED) is 0.472. The van der Waals surface area contributed by atoms with Gasteiger partial charge in [0.05, 0.1) is 12.4 Å². The van der Waals surface area contributed by atoms with Crippen LogP contribution in [-0.2, 0) is 10.8 Å². The van der Waals surface area contributed by atoms with Gasteiger partial charge in [-0.1, -0.05) is 6.92 Å². The van der Waals surface area contributed by atoms with Crippen LogP contribution in [0.2, 0.25) is 0 Å². The first-order chi connectivity index (χ1) is 4.66. The van der Waals surface area contributed by atoms with Gasteiger partial charge in [-0.05, 0) is 0 Å². The van der Waals surface area contributed by atoms with Crippen molar-refractivity contribution in [2.24, 2.45) is 10.7 Å². The van der Waals surface area contributed by atoms with Gasteiger partial charge < -0.3 is 5.73 Å². The molecule has 0 aromatic heterocycles. The Labute approximate surface area is 64.2 Å². The maximum absolute atomic E-state index is 10.5. The van der Waals surface area contributed by atoms with Gasteiger partial charge in [-0.3, -0.25) is 9.20 Å². The number of amidine groups is 1. The van der Waals surface area contributed by atoms with E-state index < -0.39 is 10.8 Å². The molecule has 0 radical (unpaired) electrons. The van der Waals surface area contributed by atoms with Crippen LogP contribution in [0.5, 0.6) is 0 Å². The topological polar surface area (TPSA) is 55.4 Å². The van der Waals surface area contributed by atoms with E-state index in [1.54, 1.807) is 6.26 Å². The monoisotopic (exact) mass is 162 g/mol. The fourth-order valence-electron chi connectivity index (χ4n) is 0.430. The minimum Gasteiger partial charge on any atom is -0.387 e. The third-order valence-electron chi connectivity index (χ3n) is 1.06. The summed E-state index contributed by atoms with van der Waals surface area (Å²) in [6.45, 7) is 2.53. The van der Waals surface area contributed by atoms with Crippen molar-refractivity contribution < 1.29 is 4.21 Å². The predicted octanol–water partition coefficient (Wildman–Crippen LogP) is 0.132. The van der Waals surface area contributed by atoms with Crippen LogP contribution in [0, 0.1) is 0 Å². The van der Waals surface area contributed by atoms with Gasteiger partial charge in [-0.15, -0.1) is 0 Å². The number of rotatable bonds is 4. The van der Waals surface area contributed by atoms with Gasteiger partial charge >= 0.3 is 0 Å². The Bertz CT molecular complexity index is 145. The van der Waals surface area contributed by atoms with E-state index in [9.17, 15) is 4.21 Å². The van der Waals surface area contributed by atoms with Gasteiger partial charge in [0.1, 0.15) is 0 Å². The lowest BCUT2D eigenvalue weighted by Crippen LogP contribution is -2.11. The number of hydrogen-bond donors (Lipinski definition) is 1. The van der Waals surface area contributed by atoms with Crippen LogP contribution in [-0.4, -0.2) is 28.6 Å². The molecule has 4 heteroatoms. The van der Waals surface area contributed by atoms with Crippen LogP contribution < -0.4 is 5.73 Å². The number of hydrogen-bond acceptors (Lipinski definition) is 2. The molecule has 0 rings (SSSR count). The zero-order valence-corrected chi connectivity index (χ0v) is 7.28. The van der Waals surface area contributed by atoms with Crippen LogP contribution in [0.4, 0.5) is 0 Å². The summed E-state index contributed by atoms with van der Waals surface area (Å²) < 4.78 is 10.5. The van der Waals surface area contributed by atoms with E-state index in [2.05, 4.69) is 4.99 Å². The molecule has 0 aromatic rings. The minimum atomic E-state index is -0.747.